The van der Waals surface area contributed by atoms with Gasteiger partial charge in [-0.05, 0) is 29.8 Å². The zero-order chi connectivity index (χ0) is 20.6. The van der Waals surface area contributed by atoms with Crippen LogP contribution in [0, 0.1) is 0 Å². The van der Waals surface area contributed by atoms with Gasteiger partial charge in [-0.25, -0.2) is 0 Å². The number of hydrogen-bond donors (Lipinski definition) is 1. The zero-order valence-corrected chi connectivity index (χ0v) is 14.4. The molecular weight excluding hydrogens is 385 g/mol. The first-order chi connectivity index (χ1) is 13.2. The topological polar surface area (TPSA) is 47.6 Å². The lowest BCUT2D eigenvalue weighted by Crippen LogP contribution is -2.20. The van der Waals surface area contributed by atoms with E-state index in [9.17, 15) is 26.7 Å². The Bertz CT molecular complexity index is 804. The second-order valence-corrected chi connectivity index (χ2v) is 5.52. The van der Waals surface area contributed by atoms with Crippen molar-refractivity contribution >= 4 is 12.0 Å². The lowest BCUT2D eigenvalue weighted by atomic mass is 10.2. The molecule has 0 fully saturated rings. The van der Waals surface area contributed by atoms with Crippen molar-refractivity contribution in [1.29, 1.82) is 0 Å². The molecule has 4 nitrogen and oxygen atoms in total. The van der Waals surface area contributed by atoms with Gasteiger partial charge in [0.25, 0.3) is 0 Å². The van der Waals surface area contributed by atoms with Gasteiger partial charge in [0.05, 0.1) is 0 Å². The Labute approximate surface area is 157 Å². The average molecular weight is 401 g/mol. The van der Waals surface area contributed by atoms with E-state index >= 15 is 0 Å². The number of carbonyl (C=O) groups excluding carboxylic acids is 1. The third kappa shape index (κ3) is 7.65. The number of amides is 1. The Morgan fingerprint density at radius 2 is 1.75 bits per heavy atom. The van der Waals surface area contributed by atoms with Gasteiger partial charge < -0.3 is 14.8 Å². The van der Waals surface area contributed by atoms with Gasteiger partial charge in [-0.15, -0.1) is 0 Å². The Hall–Kier alpha value is -3.10. The summed E-state index contributed by atoms with van der Waals surface area (Å²) in [6.45, 7) is -4.24. The van der Waals surface area contributed by atoms with Crippen LogP contribution in [-0.4, -0.2) is 25.3 Å². The molecule has 0 saturated heterocycles. The molecule has 2 aromatic rings. The molecule has 0 aliphatic heterocycles. The standard InChI is InChI=1S/C19H16F5NO3/c20-18(21)28-16-4-2-1-3-14(16)7-10-17(26)25-11-13-5-8-15(9-6-13)27-12-19(22,23)24/h1-10,18H,11-12H2,(H,25,26)/b10-7+. The van der Waals surface area contributed by atoms with Crippen molar-refractivity contribution in [3.05, 3.63) is 65.7 Å². The molecule has 1 N–H and O–H groups in total. The minimum Gasteiger partial charge on any atom is -0.484 e. The second kappa shape index (κ2) is 9.72. The molecule has 0 atom stereocenters. The monoisotopic (exact) mass is 401 g/mol. The lowest BCUT2D eigenvalue weighted by Gasteiger charge is -2.09. The van der Waals surface area contributed by atoms with Gasteiger partial charge in [0, 0.05) is 18.2 Å². The van der Waals surface area contributed by atoms with Gasteiger partial charge in [0.1, 0.15) is 11.5 Å². The highest BCUT2D eigenvalue weighted by Crippen LogP contribution is 2.21. The molecule has 0 heterocycles. The van der Waals surface area contributed by atoms with Gasteiger partial charge in [-0.1, -0.05) is 30.3 Å². The van der Waals surface area contributed by atoms with E-state index in [1.807, 2.05) is 0 Å². The summed E-state index contributed by atoms with van der Waals surface area (Å²) in [7, 11) is 0. The average Bonchev–Trinajstić information content (AvgIpc) is 2.64. The quantitative estimate of drug-likeness (QED) is 0.521. The highest BCUT2D eigenvalue weighted by Gasteiger charge is 2.28. The van der Waals surface area contributed by atoms with Crippen molar-refractivity contribution in [2.75, 3.05) is 6.61 Å². The molecular formula is C19H16F5NO3. The SMILES string of the molecule is O=C(/C=C/c1ccccc1OC(F)F)NCc1ccc(OCC(F)(F)F)cc1. The molecule has 9 heteroatoms. The number of benzene rings is 2. The molecule has 0 unspecified atom stereocenters. The number of hydrogen-bond acceptors (Lipinski definition) is 3. The van der Waals surface area contributed by atoms with Crippen molar-refractivity contribution < 1.29 is 36.2 Å². The van der Waals surface area contributed by atoms with Crippen LogP contribution in [0.3, 0.4) is 0 Å². The fourth-order valence-electron chi connectivity index (χ4n) is 2.10. The van der Waals surface area contributed by atoms with Crippen LogP contribution in [0.1, 0.15) is 11.1 Å². The highest BCUT2D eigenvalue weighted by molar-refractivity contribution is 5.92. The summed E-state index contributed by atoms with van der Waals surface area (Å²) in [6.07, 6.45) is -1.92. The van der Waals surface area contributed by atoms with E-state index in [1.165, 1.54) is 48.5 Å². The van der Waals surface area contributed by atoms with Crippen molar-refractivity contribution in [1.82, 2.24) is 5.32 Å². The third-order valence-corrected chi connectivity index (χ3v) is 3.34. The van der Waals surface area contributed by atoms with Gasteiger partial charge in [0.2, 0.25) is 5.91 Å². The first-order valence-corrected chi connectivity index (χ1v) is 8.01. The summed E-state index contributed by atoms with van der Waals surface area (Å²) in [4.78, 5) is 11.9. The smallest absolute Gasteiger partial charge is 0.422 e. The maximum absolute atomic E-state index is 12.4. The van der Waals surface area contributed by atoms with E-state index in [4.69, 9.17) is 0 Å². The predicted octanol–water partition coefficient (Wildman–Crippen LogP) is 4.56. The molecule has 150 valence electrons. The molecule has 0 radical (unpaired) electrons. The maximum Gasteiger partial charge on any atom is 0.422 e. The van der Waals surface area contributed by atoms with Crippen LogP contribution in [0.2, 0.25) is 0 Å². The van der Waals surface area contributed by atoms with Crippen molar-refractivity contribution in [3.63, 3.8) is 0 Å². The summed E-state index contributed by atoms with van der Waals surface area (Å²) in [5, 5.41) is 2.57. The van der Waals surface area contributed by atoms with Crippen LogP contribution in [0.25, 0.3) is 6.08 Å². The largest absolute Gasteiger partial charge is 0.484 e. The summed E-state index contributed by atoms with van der Waals surface area (Å²) >= 11 is 0. The van der Waals surface area contributed by atoms with Crippen molar-refractivity contribution in [2.24, 2.45) is 0 Å². The van der Waals surface area contributed by atoms with Gasteiger partial charge in [-0.3, -0.25) is 4.79 Å². The van der Waals surface area contributed by atoms with Crippen molar-refractivity contribution in [2.45, 2.75) is 19.3 Å². The van der Waals surface area contributed by atoms with Gasteiger partial charge in [-0.2, -0.15) is 22.0 Å². The molecule has 0 aliphatic carbocycles. The van der Waals surface area contributed by atoms with E-state index in [-0.39, 0.29) is 18.0 Å². The number of alkyl halides is 5. The Morgan fingerprint density at radius 1 is 1.07 bits per heavy atom. The summed E-state index contributed by atoms with van der Waals surface area (Å²) in [6, 6.07) is 11.8. The minimum atomic E-state index is -4.42. The molecule has 0 spiro atoms. The van der Waals surface area contributed by atoms with E-state index in [0.29, 0.717) is 11.1 Å². The number of rotatable bonds is 8. The minimum absolute atomic E-state index is 0.0583. The normalized spacial score (nSPS) is 11.6. The van der Waals surface area contributed by atoms with Crippen LogP contribution in [0.15, 0.2) is 54.6 Å². The summed E-state index contributed by atoms with van der Waals surface area (Å²) in [5.74, 6) is -0.483. The van der Waals surface area contributed by atoms with Gasteiger partial charge in [0.15, 0.2) is 6.61 Å². The number of nitrogens with one attached hydrogen (secondary N) is 1. The third-order valence-electron chi connectivity index (χ3n) is 3.34. The number of halogens is 5. The molecule has 0 bridgehead atoms. The Balaban J connectivity index is 1.86. The second-order valence-electron chi connectivity index (χ2n) is 5.52. The molecule has 2 rings (SSSR count). The maximum atomic E-state index is 12.4. The van der Waals surface area contributed by atoms with Crippen molar-refractivity contribution in [3.8, 4) is 11.5 Å². The molecule has 1 amide bonds. The van der Waals surface area contributed by atoms with Crippen LogP contribution >= 0.6 is 0 Å². The fourth-order valence-corrected chi connectivity index (χ4v) is 2.10. The van der Waals surface area contributed by atoms with E-state index in [1.54, 1.807) is 6.07 Å². The molecule has 0 aromatic heterocycles. The lowest BCUT2D eigenvalue weighted by molar-refractivity contribution is -0.153. The number of ether oxygens (including phenoxy) is 2. The number of para-hydroxylation sites is 1. The Morgan fingerprint density at radius 3 is 2.39 bits per heavy atom. The summed E-state index contributed by atoms with van der Waals surface area (Å²) in [5.41, 5.74) is 0.951. The summed E-state index contributed by atoms with van der Waals surface area (Å²) < 4.78 is 69.9. The van der Waals surface area contributed by atoms with Crippen LogP contribution in [0.4, 0.5) is 22.0 Å². The van der Waals surface area contributed by atoms with E-state index in [0.717, 1.165) is 6.08 Å². The first-order valence-electron chi connectivity index (χ1n) is 8.01. The number of carbonyl (C=O) groups is 1. The van der Waals surface area contributed by atoms with Crippen LogP contribution < -0.4 is 14.8 Å². The molecule has 0 saturated carbocycles. The highest BCUT2D eigenvalue weighted by atomic mass is 19.4. The van der Waals surface area contributed by atoms with E-state index in [2.05, 4.69) is 14.8 Å². The Kier molecular flexibility index (Phi) is 7.36. The zero-order valence-electron chi connectivity index (χ0n) is 14.4. The molecule has 0 aliphatic rings. The van der Waals surface area contributed by atoms with Crippen LogP contribution in [0.5, 0.6) is 11.5 Å². The van der Waals surface area contributed by atoms with Crippen LogP contribution in [-0.2, 0) is 11.3 Å². The first kappa shape index (κ1) is 21.2. The van der Waals surface area contributed by atoms with E-state index < -0.39 is 25.3 Å². The fraction of sp³-hybridized carbons (Fsp3) is 0.211. The predicted molar refractivity (Wildman–Crippen MR) is 91.9 cm³/mol. The molecule has 2 aromatic carbocycles. The van der Waals surface area contributed by atoms with Gasteiger partial charge >= 0.3 is 12.8 Å². The molecule has 28 heavy (non-hydrogen) atoms.